The van der Waals surface area contributed by atoms with Gasteiger partial charge in [-0.15, -0.1) is 0 Å². The summed E-state index contributed by atoms with van der Waals surface area (Å²) in [7, 11) is 0. The molecule has 0 radical (unpaired) electrons. The fourth-order valence-corrected chi connectivity index (χ4v) is 1.66. The van der Waals surface area contributed by atoms with Crippen molar-refractivity contribution in [2.75, 3.05) is 5.32 Å². The van der Waals surface area contributed by atoms with Crippen LogP contribution in [-0.4, -0.2) is 25.0 Å². The fourth-order valence-electron chi connectivity index (χ4n) is 1.66. The highest BCUT2D eigenvalue weighted by Crippen LogP contribution is 2.14. The number of rotatable bonds is 3. The number of aromatic hydroxyl groups is 1. The van der Waals surface area contributed by atoms with Crippen LogP contribution in [0.3, 0.4) is 0 Å². The van der Waals surface area contributed by atoms with Crippen LogP contribution in [0.2, 0.25) is 0 Å². The molecule has 3 N–H and O–H groups in total. The Morgan fingerprint density at radius 3 is 2.83 bits per heavy atom. The van der Waals surface area contributed by atoms with Gasteiger partial charge in [-0.2, -0.15) is 0 Å². The Balaban J connectivity index is 1.74. The Morgan fingerprint density at radius 2 is 2.06 bits per heavy atom. The van der Waals surface area contributed by atoms with Gasteiger partial charge in [0.1, 0.15) is 23.4 Å². The third kappa shape index (κ3) is 2.08. The Morgan fingerprint density at radius 1 is 1.22 bits per heavy atom. The van der Waals surface area contributed by atoms with Gasteiger partial charge in [-0.25, -0.2) is 15.0 Å². The van der Waals surface area contributed by atoms with Crippen LogP contribution >= 0.6 is 0 Å². The predicted octanol–water partition coefficient (Wildman–Crippen LogP) is 1.67. The molecule has 0 saturated carbocycles. The SMILES string of the molecule is Oc1ccc(NCc2nc3ncncc3[nH]2)cc1. The van der Waals surface area contributed by atoms with E-state index in [4.69, 9.17) is 0 Å². The number of aromatic amines is 1. The smallest absolute Gasteiger partial charge is 0.180 e. The van der Waals surface area contributed by atoms with Crippen LogP contribution in [0.1, 0.15) is 5.82 Å². The molecular formula is C12H11N5O. The number of nitrogens with zero attached hydrogens (tertiary/aromatic N) is 3. The topological polar surface area (TPSA) is 86.7 Å². The number of hydrogen-bond acceptors (Lipinski definition) is 5. The second kappa shape index (κ2) is 4.33. The highest BCUT2D eigenvalue weighted by atomic mass is 16.3. The first-order chi connectivity index (χ1) is 8.81. The number of hydrogen-bond donors (Lipinski definition) is 3. The lowest BCUT2D eigenvalue weighted by molar-refractivity contribution is 0.475. The van der Waals surface area contributed by atoms with E-state index in [1.54, 1.807) is 30.5 Å². The molecule has 0 fully saturated rings. The Labute approximate surface area is 103 Å². The predicted molar refractivity (Wildman–Crippen MR) is 67.1 cm³/mol. The summed E-state index contributed by atoms with van der Waals surface area (Å²) in [5, 5.41) is 12.4. The minimum absolute atomic E-state index is 0.250. The molecule has 90 valence electrons. The van der Waals surface area contributed by atoms with Crippen LogP contribution in [0.4, 0.5) is 5.69 Å². The molecule has 2 aromatic heterocycles. The van der Waals surface area contributed by atoms with E-state index < -0.39 is 0 Å². The van der Waals surface area contributed by atoms with Gasteiger partial charge in [0.05, 0.1) is 12.7 Å². The van der Waals surface area contributed by atoms with E-state index in [1.807, 2.05) is 0 Å². The molecular weight excluding hydrogens is 230 g/mol. The van der Waals surface area contributed by atoms with Crippen LogP contribution in [-0.2, 0) is 6.54 Å². The molecule has 0 aliphatic heterocycles. The number of phenols is 1. The lowest BCUT2D eigenvalue weighted by Crippen LogP contribution is -2.00. The van der Waals surface area contributed by atoms with Crippen LogP contribution in [0.25, 0.3) is 11.2 Å². The summed E-state index contributed by atoms with van der Waals surface area (Å²) in [5.74, 6) is 1.04. The van der Waals surface area contributed by atoms with Crippen LogP contribution in [0.5, 0.6) is 5.75 Å². The molecule has 0 aliphatic carbocycles. The van der Waals surface area contributed by atoms with Gasteiger partial charge in [-0.05, 0) is 24.3 Å². The van der Waals surface area contributed by atoms with E-state index in [0.717, 1.165) is 17.0 Å². The van der Waals surface area contributed by atoms with Gasteiger partial charge in [-0.1, -0.05) is 0 Å². The first-order valence-corrected chi connectivity index (χ1v) is 5.49. The molecule has 0 aliphatic rings. The average molecular weight is 241 g/mol. The van der Waals surface area contributed by atoms with E-state index in [1.165, 1.54) is 6.33 Å². The Kier molecular flexibility index (Phi) is 2.53. The molecule has 0 saturated heterocycles. The fraction of sp³-hybridized carbons (Fsp3) is 0.0833. The molecule has 18 heavy (non-hydrogen) atoms. The van der Waals surface area contributed by atoms with Gasteiger partial charge in [0, 0.05) is 5.69 Å². The number of phenolic OH excluding ortho intramolecular Hbond substituents is 1. The number of nitrogens with one attached hydrogen (secondary N) is 2. The van der Waals surface area contributed by atoms with Crippen molar-refractivity contribution in [3.8, 4) is 5.75 Å². The summed E-state index contributed by atoms with van der Waals surface area (Å²) in [6.07, 6.45) is 3.17. The highest BCUT2D eigenvalue weighted by Gasteiger charge is 2.03. The molecule has 6 heteroatoms. The van der Waals surface area contributed by atoms with Crippen LogP contribution in [0.15, 0.2) is 36.8 Å². The summed E-state index contributed by atoms with van der Waals surface area (Å²) in [6.45, 7) is 0.557. The summed E-state index contributed by atoms with van der Waals surface area (Å²) in [4.78, 5) is 15.4. The van der Waals surface area contributed by atoms with Gasteiger partial charge in [0.15, 0.2) is 5.65 Å². The van der Waals surface area contributed by atoms with Crippen molar-refractivity contribution in [3.63, 3.8) is 0 Å². The Bertz CT molecular complexity index is 629. The second-order valence-corrected chi connectivity index (χ2v) is 3.84. The standard InChI is InChI=1S/C12H11N5O/c18-9-3-1-8(2-4-9)14-6-11-16-10-5-13-7-15-12(10)17-11/h1-5,7,14,18H,6H2,(H,13,15,16,17). The van der Waals surface area contributed by atoms with Gasteiger partial charge >= 0.3 is 0 Å². The van der Waals surface area contributed by atoms with E-state index in [-0.39, 0.29) is 5.75 Å². The van der Waals surface area contributed by atoms with Gasteiger partial charge in [0.2, 0.25) is 0 Å². The number of imidazole rings is 1. The van der Waals surface area contributed by atoms with Gasteiger partial charge in [-0.3, -0.25) is 0 Å². The molecule has 0 unspecified atom stereocenters. The number of aromatic nitrogens is 4. The molecule has 0 amide bonds. The molecule has 3 rings (SSSR count). The van der Waals surface area contributed by atoms with Crippen LogP contribution < -0.4 is 5.32 Å². The lowest BCUT2D eigenvalue weighted by Gasteiger charge is -2.03. The van der Waals surface area contributed by atoms with E-state index in [0.29, 0.717) is 12.2 Å². The molecule has 1 aromatic carbocycles. The first kappa shape index (κ1) is 10.5. The van der Waals surface area contributed by atoms with Crippen molar-refractivity contribution < 1.29 is 5.11 Å². The maximum absolute atomic E-state index is 9.18. The zero-order chi connectivity index (χ0) is 12.4. The molecule has 0 atom stereocenters. The van der Waals surface area contributed by atoms with Crippen LogP contribution in [0, 0.1) is 0 Å². The van der Waals surface area contributed by atoms with E-state index in [2.05, 4.69) is 25.3 Å². The Hall–Kier alpha value is -2.63. The van der Waals surface area contributed by atoms with Crippen molar-refractivity contribution in [1.82, 2.24) is 19.9 Å². The summed E-state index contributed by atoms with van der Waals surface area (Å²) in [5.41, 5.74) is 2.40. The monoisotopic (exact) mass is 241 g/mol. The molecule has 6 nitrogen and oxygen atoms in total. The summed E-state index contributed by atoms with van der Waals surface area (Å²) < 4.78 is 0. The largest absolute Gasteiger partial charge is 0.508 e. The molecule has 2 heterocycles. The van der Waals surface area contributed by atoms with Crippen molar-refractivity contribution in [3.05, 3.63) is 42.6 Å². The molecule has 0 bridgehead atoms. The second-order valence-electron chi connectivity index (χ2n) is 3.84. The number of anilines is 1. The first-order valence-electron chi connectivity index (χ1n) is 5.49. The highest BCUT2D eigenvalue weighted by molar-refractivity contribution is 5.68. The molecule has 3 aromatic rings. The maximum Gasteiger partial charge on any atom is 0.180 e. The third-order valence-corrected chi connectivity index (χ3v) is 2.54. The summed E-state index contributed by atoms with van der Waals surface area (Å²) in [6, 6.07) is 6.87. The third-order valence-electron chi connectivity index (χ3n) is 2.54. The number of fused-ring (bicyclic) bond motifs is 1. The maximum atomic E-state index is 9.18. The minimum Gasteiger partial charge on any atom is -0.508 e. The zero-order valence-corrected chi connectivity index (χ0v) is 9.46. The van der Waals surface area contributed by atoms with Gasteiger partial charge in [0.25, 0.3) is 0 Å². The quantitative estimate of drug-likeness (QED) is 0.607. The zero-order valence-electron chi connectivity index (χ0n) is 9.46. The summed E-state index contributed by atoms with van der Waals surface area (Å²) >= 11 is 0. The van der Waals surface area contributed by atoms with E-state index in [9.17, 15) is 5.11 Å². The van der Waals surface area contributed by atoms with Crippen molar-refractivity contribution in [2.45, 2.75) is 6.54 Å². The lowest BCUT2D eigenvalue weighted by atomic mass is 10.3. The van der Waals surface area contributed by atoms with E-state index >= 15 is 0 Å². The number of H-pyrrole nitrogens is 1. The minimum atomic E-state index is 0.250. The molecule has 0 spiro atoms. The average Bonchev–Trinajstić information content (AvgIpc) is 2.81. The normalized spacial score (nSPS) is 10.7. The van der Waals surface area contributed by atoms with Crippen molar-refractivity contribution in [2.24, 2.45) is 0 Å². The van der Waals surface area contributed by atoms with Gasteiger partial charge < -0.3 is 15.4 Å². The van der Waals surface area contributed by atoms with Crippen molar-refractivity contribution in [1.29, 1.82) is 0 Å². The van der Waals surface area contributed by atoms with Crippen molar-refractivity contribution >= 4 is 16.9 Å². The number of benzene rings is 1.